The van der Waals surface area contributed by atoms with Gasteiger partial charge in [-0.25, -0.2) is 4.98 Å². The van der Waals surface area contributed by atoms with E-state index in [-0.39, 0.29) is 12.6 Å². The molecule has 0 radical (unpaired) electrons. The Hall–Kier alpha value is -3.19. The molecule has 156 valence electrons. The molecule has 2 amide bonds. The molecule has 0 fully saturated rings. The molecule has 1 aliphatic carbocycles. The lowest BCUT2D eigenvalue weighted by Gasteiger charge is -2.29. The lowest BCUT2D eigenvalue weighted by atomic mass is 10.1. The van der Waals surface area contributed by atoms with E-state index in [1.54, 1.807) is 11.8 Å². The predicted molar refractivity (Wildman–Crippen MR) is 114 cm³/mol. The van der Waals surface area contributed by atoms with E-state index >= 15 is 0 Å². The molecule has 4 rings (SSSR count). The van der Waals surface area contributed by atoms with Crippen LogP contribution in [-0.2, 0) is 16.0 Å². The maximum atomic E-state index is 13.1. The van der Waals surface area contributed by atoms with Gasteiger partial charge in [0, 0.05) is 13.2 Å². The van der Waals surface area contributed by atoms with Crippen molar-refractivity contribution >= 4 is 22.8 Å². The van der Waals surface area contributed by atoms with Gasteiger partial charge < -0.3 is 20.3 Å². The smallest absolute Gasteiger partial charge is 0.312 e. The first-order chi connectivity index (χ1) is 14.6. The second-order valence-electron chi connectivity index (χ2n) is 7.66. The second kappa shape index (κ2) is 8.67. The maximum Gasteiger partial charge on any atom is 0.312 e. The van der Waals surface area contributed by atoms with Crippen molar-refractivity contribution in [3.05, 3.63) is 65.5 Å². The standard InChI is InChI=1S/C23H26N4O3/c1-15(21-25-18-9-4-5-10-19(18)26-21)24-22(29)23(30)27(13-6-14-28)20-12-11-16-7-2-3-8-17(16)20/h2-5,7-10,15,20,28H,6,11-14H2,1H3,(H,24,29)(H,25,26). The molecule has 1 heterocycles. The average molecular weight is 406 g/mol. The van der Waals surface area contributed by atoms with Crippen LogP contribution in [0.2, 0.25) is 0 Å². The number of benzene rings is 2. The first kappa shape index (κ1) is 20.1. The van der Waals surface area contributed by atoms with Gasteiger partial charge >= 0.3 is 11.8 Å². The van der Waals surface area contributed by atoms with Crippen LogP contribution in [0.15, 0.2) is 48.5 Å². The molecule has 7 heteroatoms. The number of H-pyrrole nitrogens is 1. The number of rotatable bonds is 6. The number of carbonyl (C=O) groups is 2. The summed E-state index contributed by atoms with van der Waals surface area (Å²) >= 11 is 0. The molecule has 1 aromatic heterocycles. The van der Waals surface area contributed by atoms with E-state index in [1.165, 1.54) is 5.56 Å². The zero-order chi connectivity index (χ0) is 21.1. The van der Waals surface area contributed by atoms with Gasteiger partial charge in [-0.2, -0.15) is 0 Å². The Morgan fingerprint density at radius 2 is 2.00 bits per heavy atom. The number of nitrogens with zero attached hydrogens (tertiary/aromatic N) is 2. The van der Waals surface area contributed by atoms with Crippen LogP contribution in [-0.4, -0.2) is 44.9 Å². The summed E-state index contributed by atoms with van der Waals surface area (Å²) in [5.74, 6) is -0.635. The summed E-state index contributed by atoms with van der Waals surface area (Å²) in [6, 6.07) is 15.1. The number of aryl methyl sites for hydroxylation is 1. The van der Waals surface area contributed by atoms with Gasteiger partial charge in [-0.3, -0.25) is 9.59 Å². The second-order valence-corrected chi connectivity index (χ2v) is 7.66. The molecule has 0 spiro atoms. The lowest BCUT2D eigenvalue weighted by Crippen LogP contribution is -2.45. The Morgan fingerprint density at radius 3 is 2.80 bits per heavy atom. The molecule has 0 aliphatic heterocycles. The fraction of sp³-hybridized carbons (Fsp3) is 0.348. The molecule has 0 saturated heterocycles. The number of para-hydroxylation sites is 2. The monoisotopic (exact) mass is 406 g/mol. The van der Waals surface area contributed by atoms with E-state index in [0.717, 1.165) is 29.4 Å². The third-order valence-corrected chi connectivity index (χ3v) is 5.66. The number of aliphatic hydroxyl groups is 1. The van der Waals surface area contributed by atoms with Crippen molar-refractivity contribution in [2.75, 3.05) is 13.2 Å². The van der Waals surface area contributed by atoms with E-state index < -0.39 is 17.9 Å². The number of aliphatic hydroxyl groups excluding tert-OH is 1. The van der Waals surface area contributed by atoms with Crippen LogP contribution >= 0.6 is 0 Å². The first-order valence-corrected chi connectivity index (χ1v) is 10.3. The van der Waals surface area contributed by atoms with Crippen molar-refractivity contribution in [3.63, 3.8) is 0 Å². The van der Waals surface area contributed by atoms with Crippen molar-refractivity contribution < 1.29 is 14.7 Å². The molecule has 2 aromatic carbocycles. The van der Waals surface area contributed by atoms with Crippen LogP contribution in [0.25, 0.3) is 11.0 Å². The SMILES string of the molecule is CC(NC(=O)C(=O)N(CCCO)C1CCc2ccccc21)c1nc2ccccc2[nH]1. The number of aromatic amines is 1. The van der Waals surface area contributed by atoms with Gasteiger partial charge in [-0.05, 0) is 49.4 Å². The van der Waals surface area contributed by atoms with Gasteiger partial charge in [0.15, 0.2) is 0 Å². The topological polar surface area (TPSA) is 98.3 Å². The van der Waals surface area contributed by atoms with Crippen LogP contribution in [0.4, 0.5) is 0 Å². The zero-order valence-corrected chi connectivity index (χ0v) is 17.0. The van der Waals surface area contributed by atoms with Crippen LogP contribution in [0, 0.1) is 0 Å². The summed E-state index contributed by atoms with van der Waals surface area (Å²) in [7, 11) is 0. The Bertz CT molecular complexity index is 1030. The first-order valence-electron chi connectivity index (χ1n) is 10.3. The molecule has 0 saturated carbocycles. The van der Waals surface area contributed by atoms with Gasteiger partial charge in [0.05, 0.1) is 23.1 Å². The fourth-order valence-corrected chi connectivity index (χ4v) is 4.13. The number of amides is 2. The number of nitrogens with one attached hydrogen (secondary N) is 2. The minimum atomic E-state index is -0.662. The summed E-state index contributed by atoms with van der Waals surface area (Å²) < 4.78 is 0. The van der Waals surface area contributed by atoms with Crippen molar-refractivity contribution in [2.45, 2.75) is 38.3 Å². The van der Waals surface area contributed by atoms with Gasteiger partial charge in [0.25, 0.3) is 0 Å². The Balaban J connectivity index is 1.50. The fourth-order valence-electron chi connectivity index (χ4n) is 4.13. The third kappa shape index (κ3) is 3.93. The number of fused-ring (bicyclic) bond motifs is 2. The van der Waals surface area contributed by atoms with Crippen molar-refractivity contribution in [1.82, 2.24) is 20.2 Å². The Kier molecular flexibility index (Phi) is 5.81. The molecular weight excluding hydrogens is 380 g/mol. The molecule has 1 aliphatic rings. The predicted octanol–water partition coefficient (Wildman–Crippen LogP) is 2.64. The largest absolute Gasteiger partial charge is 0.396 e. The summed E-state index contributed by atoms with van der Waals surface area (Å²) in [6.45, 7) is 2.10. The van der Waals surface area contributed by atoms with Crippen LogP contribution < -0.4 is 5.32 Å². The normalized spacial score (nSPS) is 16.3. The highest BCUT2D eigenvalue weighted by molar-refractivity contribution is 6.35. The highest BCUT2D eigenvalue weighted by Crippen LogP contribution is 2.35. The lowest BCUT2D eigenvalue weighted by molar-refractivity contribution is -0.148. The Morgan fingerprint density at radius 1 is 1.23 bits per heavy atom. The Labute approximate surface area is 175 Å². The van der Waals surface area contributed by atoms with Crippen LogP contribution in [0.3, 0.4) is 0 Å². The summed E-state index contributed by atoms with van der Waals surface area (Å²) in [5, 5.41) is 12.1. The molecule has 30 heavy (non-hydrogen) atoms. The van der Waals surface area contributed by atoms with Crippen LogP contribution in [0.1, 0.15) is 48.8 Å². The number of imidazole rings is 1. The summed E-state index contributed by atoms with van der Waals surface area (Å²) in [4.78, 5) is 35.2. The molecular formula is C23H26N4O3. The molecule has 7 nitrogen and oxygen atoms in total. The molecule has 2 atom stereocenters. The number of hydrogen-bond donors (Lipinski definition) is 3. The van der Waals surface area contributed by atoms with E-state index in [0.29, 0.717) is 18.8 Å². The third-order valence-electron chi connectivity index (χ3n) is 5.66. The van der Waals surface area contributed by atoms with Crippen molar-refractivity contribution in [3.8, 4) is 0 Å². The van der Waals surface area contributed by atoms with Crippen molar-refractivity contribution in [1.29, 1.82) is 0 Å². The summed E-state index contributed by atoms with van der Waals surface area (Å²) in [5.41, 5.74) is 3.99. The maximum absolute atomic E-state index is 13.1. The number of aromatic nitrogens is 2. The van der Waals surface area contributed by atoms with E-state index in [1.807, 2.05) is 42.5 Å². The average Bonchev–Trinajstić information content (AvgIpc) is 3.38. The van der Waals surface area contributed by atoms with E-state index in [4.69, 9.17) is 0 Å². The molecule has 3 aromatic rings. The zero-order valence-electron chi connectivity index (χ0n) is 17.0. The van der Waals surface area contributed by atoms with Gasteiger partial charge in [-0.1, -0.05) is 36.4 Å². The quantitative estimate of drug-likeness (QED) is 0.548. The van der Waals surface area contributed by atoms with Gasteiger partial charge in [-0.15, -0.1) is 0 Å². The number of hydrogen-bond acceptors (Lipinski definition) is 4. The van der Waals surface area contributed by atoms with Gasteiger partial charge in [0.2, 0.25) is 0 Å². The van der Waals surface area contributed by atoms with E-state index in [2.05, 4.69) is 21.4 Å². The highest BCUT2D eigenvalue weighted by Gasteiger charge is 2.34. The summed E-state index contributed by atoms with van der Waals surface area (Å²) in [6.07, 6.45) is 2.08. The minimum absolute atomic E-state index is 0.0326. The van der Waals surface area contributed by atoms with E-state index in [9.17, 15) is 14.7 Å². The van der Waals surface area contributed by atoms with Gasteiger partial charge in [0.1, 0.15) is 5.82 Å². The molecule has 2 unspecified atom stereocenters. The number of carbonyl (C=O) groups excluding carboxylic acids is 2. The molecule has 0 bridgehead atoms. The van der Waals surface area contributed by atoms with Crippen molar-refractivity contribution in [2.24, 2.45) is 0 Å². The highest BCUT2D eigenvalue weighted by atomic mass is 16.3. The van der Waals surface area contributed by atoms with Crippen LogP contribution in [0.5, 0.6) is 0 Å². The minimum Gasteiger partial charge on any atom is -0.396 e. The molecule has 3 N–H and O–H groups in total.